The van der Waals surface area contributed by atoms with Crippen LogP contribution in [0.15, 0.2) is 53.4 Å². The van der Waals surface area contributed by atoms with E-state index in [1.54, 1.807) is 24.3 Å². The molecule has 2 aromatic carbocycles. The van der Waals surface area contributed by atoms with Gasteiger partial charge in [-0.1, -0.05) is 12.1 Å². The van der Waals surface area contributed by atoms with E-state index < -0.39 is 21.9 Å². The van der Waals surface area contributed by atoms with Crippen LogP contribution in [0.4, 0.5) is 10.1 Å². The molecule has 0 aliphatic carbocycles. The molecule has 0 unspecified atom stereocenters. The summed E-state index contributed by atoms with van der Waals surface area (Å²) >= 11 is 0. The van der Waals surface area contributed by atoms with Crippen LogP contribution in [0, 0.1) is 5.82 Å². The van der Waals surface area contributed by atoms with E-state index in [9.17, 15) is 22.4 Å². The van der Waals surface area contributed by atoms with Crippen LogP contribution < -0.4 is 9.64 Å². The maximum Gasteiger partial charge on any atom is 0.251 e. The highest BCUT2D eigenvalue weighted by Gasteiger charge is 2.44. The van der Waals surface area contributed by atoms with E-state index >= 15 is 0 Å². The van der Waals surface area contributed by atoms with Gasteiger partial charge < -0.3 is 4.74 Å². The van der Waals surface area contributed by atoms with Gasteiger partial charge in [-0.05, 0) is 36.4 Å². The second kappa shape index (κ2) is 8.37. The number of carbonyl (C=O) groups excluding carboxylic acids is 2. The van der Waals surface area contributed by atoms with E-state index in [4.69, 9.17) is 4.74 Å². The van der Waals surface area contributed by atoms with Gasteiger partial charge >= 0.3 is 0 Å². The summed E-state index contributed by atoms with van der Waals surface area (Å²) < 4.78 is 45.9. The molecule has 164 valence electrons. The SMILES string of the molecule is COc1ccc(N2C(=O)C[C@@H](N3CCN(S(=O)(=O)c4ccccc4F)CC3)C2=O)cc1. The number of halogens is 1. The zero-order valence-electron chi connectivity index (χ0n) is 16.9. The van der Waals surface area contributed by atoms with Crippen LogP contribution in [0.2, 0.25) is 0 Å². The topological polar surface area (TPSA) is 87.2 Å². The van der Waals surface area contributed by atoms with Crippen LogP contribution in [-0.2, 0) is 19.6 Å². The Kier molecular flexibility index (Phi) is 5.78. The summed E-state index contributed by atoms with van der Waals surface area (Å²) in [7, 11) is -2.44. The molecule has 0 aromatic heterocycles. The molecule has 0 N–H and O–H groups in total. The van der Waals surface area contributed by atoms with Crippen LogP contribution in [0.3, 0.4) is 0 Å². The van der Waals surface area contributed by atoms with Crippen LogP contribution >= 0.6 is 0 Å². The van der Waals surface area contributed by atoms with E-state index in [2.05, 4.69) is 0 Å². The molecule has 2 amide bonds. The number of nitrogens with zero attached hydrogens (tertiary/aromatic N) is 3. The Bertz CT molecular complexity index is 1100. The summed E-state index contributed by atoms with van der Waals surface area (Å²) in [4.78, 5) is 28.1. The zero-order valence-corrected chi connectivity index (χ0v) is 17.7. The molecule has 4 rings (SSSR count). The highest BCUT2D eigenvalue weighted by molar-refractivity contribution is 7.89. The third-order valence-electron chi connectivity index (χ3n) is 5.62. The van der Waals surface area contributed by atoms with Crippen molar-refractivity contribution in [2.24, 2.45) is 0 Å². The number of amides is 2. The fourth-order valence-corrected chi connectivity index (χ4v) is 5.44. The van der Waals surface area contributed by atoms with Crippen LogP contribution in [0.25, 0.3) is 0 Å². The Balaban J connectivity index is 1.45. The molecule has 2 heterocycles. The summed E-state index contributed by atoms with van der Waals surface area (Å²) in [5, 5.41) is 0. The Morgan fingerprint density at radius 2 is 1.61 bits per heavy atom. The number of carbonyl (C=O) groups is 2. The molecule has 8 nitrogen and oxygen atoms in total. The lowest BCUT2D eigenvalue weighted by atomic mass is 10.2. The predicted octanol–water partition coefficient (Wildman–Crippen LogP) is 1.47. The van der Waals surface area contributed by atoms with Gasteiger partial charge in [0.1, 0.15) is 16.5 Å². The second-order valence-electron chi connectivity index (χ2n) is 7.36. The molecular weight excluding hydrogens is 425 g/mol. The maximum absolute atomic E-state index is 14.0. The van der Waals surface area contributed by atoms with Crippen molar-refractivity contribution in [1.29, 1.82) is 0 Å². The van der Waals surface area contributed by atoms with Crippen molar-refractivity contribution in [3.05, 3.63) is 54.3 Å². The first kappa shape index (κ1) is 21.4. The van der Waals surface area contributed by atoms with Gasteiger partial charge in [-0.3, -0.25) is 14.5 Å². The number of imide groups is 1. The normalized spacial score (nSPS) is 21.0. The number of sulfonamides is 1. The van der Waals surface area contributed by atoms with Gasteiger partial charge in [0.25, 0.3) is 5.91 Å². The number of benzene rings is 2. The monoisotopic (exact) mass is 447 g/mol. The Morgan fingerprint density at radius 3 is 2.23 bits per heavy atom. The molecule has 2 aliphatic heterocycles. The number of hydrogen-bond acceptors (Lipinski definition) is 6. The lowest BCUT2D eigenvalue weighted by Crippen LogP contribution is -2.53. The number of anilines is 1. The number of rotatable bonds is 5. The van der Waals surface area contributed by atoms with E-state index in [0.29, 0.717) is 11.4 Å². The van der Waals surface area contributed by atoms with Crippen molar-refractivity contribution in [2.45, 2.75) is 17.4 Å². The lowest BCUT2D eigenvalue weighted by Gasteiger charge is -2.36. The summed E-state index contributed by atoms with van der Waals surface area (Å²) in [6.45, 7) is 0.760. The van der Waals surface area contributed by atoms with E-state index in [-0.39, 0.29) is 49.3 Å². The van der Waals surface area contributed by atoms with Crippen LogP contribution in [0.5, 0.6) is 5.75 Å². The number of methoxy groups -OCH3 is 1. The van der Waals surface area contributed by atoms with Crippen molar-refractivity contribution in [1.82, 2.24) is 9.21 Å². The molecule has 2 aliphatic rings. The lowest BCUT2D eigenvalue weighted by molar-refractivity contribution is -0.123. The van der Waals surface area contributed by atoms with Crippen molar-refractivity contribution in [3.63, 3.8) is 0 Å². The van der Waals surface area contributed by atoms with Crippen LogP contribution in [0.1, 0.15) is 6.42 Å². The van der Waals surface area contributed by atoms with Crippen LogP contribution in [-0.4, -0.2) is 68.8 Å². The first-order valence-electron chi connectivity index (χ1n) is 9.82. The first-order chi connectivity index (χ1) is 14.8. The number of piperazine rings is 1. The number of ether oxygens (including phenoxy) is 1. The molecular formula is C21H22FN3O5S. The minimum Gasteiger partial charge on any atom is -0.497 e. The summed E-state index contributed by atoms with van der Waals surface area (Å²) in [5.74, 6) is -0.814. The predicted molar refractivity (Wildman–Crippen MR) is 111 cm³/mol. The van der Waals surface area contributed by atoms with Gasteiger partial charge in [-0.15, -0.1) is 0 Å². The van der Waals surface area contributed by atoms with Crippen molar-refractivity contribution in [2.75, 3.05) is 38.2 Å². The molecule has 2 saturated heterocycles. The molecule has 2 fully saturated rings. The molecule has 0 saturated carbocycles. The molecule has 0 spiro atoms. The molecule has 0 radical (unpaired) electrons. The summed E-state index contributed by atoms with van der Waals surface area (Å²) in [6.07, 6.45) is 0.0327. The highest BCUT2D eigenvalue weighted by Crippen LogP contribution is 2.28. The maximum atomic E-state index is 14.0. The van der Waals surface area contributed by atoms with E-state index in [1.165, 1.54) is 29.6 Å². The fourth-order valence-electron chi connectivity index (χ4n) is 3.95. The minimum absolute atomic E-state index is 0.0327. The summed E-state index contributed by atoms with van der Waals surface area (Å²) in [6, 6.07) is 11.3. The second-order valence-corrected chi connectivity index (χ2v) is 9.26. The third-order valence-corrected chi connectivity index (χ3v) is 7.55. The largest absolute Gasteiger partial charge is 0.497 e. The van der Waals surface area contributed by atoms with Gasteiger partial charge in [0.05, 0.1) is 25.3 Å². The third kappa shape index (κ3) is 3.93. The van der Waals surface area contributed by atoms with Gasteiger partial charge in [0.15, 0.2) is 0 Å². The van der Waals surface area contributed by atoms with Crippen molar-refractivity contribution < 1.29 is 27.1 Å². The Labute approximate surface area is 179 Å². The van der Waals surface area contributed by atoms with Gasteiger partial charge in [-0.2, -0.15) is 4.31 Å². The Morgan fingerprint density at radius 1 is 0.968 bits per heavy atom. The molecule has 31 heavy (non-hydrogen) atoms. The molecule has 1 atom stereocenters. The minimum atomic E-state index is -3.97. The van der Waals surface area contributed by atoms with E-state index in [0.717, 1.165) is 11.0 Å². The van der Waals surface area contributed by atoms with Gasteiger partial charge in [-0.25, -0.2) is 17.7 Å². The fraction of sp³-hybridized carbons (Fsp3) is 0.333. The first-order valence-corrected chi connectivity index (χ1v) is 11.3. The molecule has 10 heteroatoms. The highest BCUT2D eigenvalue weighted by atomic mass is 32.2. The number of hydrogen-bond donors (Lipinski definition) is 0. The van der Waals surface area contributed by atoms with Gasteiger partial charge in [0, 0.05) is 26.2 Å². The average Bonchev–Trinajstić information content (AvgIpc) is 3.08. The average molecular weight is 447 g/mol. The summed E-state index contributed by atoms with van der Waals surface area (Å²) in [5.41, 5.74) is 0.471. The van der Waals surface area contributed by atoms with Gasteiger partial charge in [0.2, 0.25) is 15.9 Å². The molecule has 0 bridgehead atoms. The van der Waals surface area contributed by atoms with Crippen molar-refractivity contribution in [3.8, 4) is 5.75 Å². The molecule has 2 aromatic rings. The zero-order chi connectivity index (χ0) is 22.2. The van der Waals surface area contributed by atoms with E-state index in [1.807, 2.05) is 4.90 Å². The Hall–Kier alpha value is -2.82. The quantitative estimate of drug-likeness (QED) is 0.646. The van der Waals surface area contributed by atoms with Crippen molar-refractivity contribution >= 4 is 27.5 Å². The standard InChI is InChI=1S/C21H22FN3O5S/c1-30-16-8-6-15(7-9-16)25-20(26)14-18(21(25)27)23-10-12-24(13-11-23)31(28,29)19-5-3-2-4-17(19)22/h2-9,18H,10-14H2,1H3/t18-/m1/s1. The smallest absolute Gasteiger partial charge is 0.251 e.